The van der Waals surface area contributed by atoms with Gasteiger partial charge in [0.1, 0.15) is 17.3 Å². The fourth-order valence-electron chi connectivity index (χ4n) is 3.08. The van der Waals surface area contributed by atoms with Crippen molar-refractivity contribution < 1.29 is 18.7 Å². The number of furan rings is 1. The van der Waals surface area contributed by atoms with Gasteiger partial charge in [-0.15, -0.1) is 0 Å². The smallest absolute Gasteiger partial charge is 0.306 e. The van der Waals surface area contributed by atoms with Crippen molar-refractivity contribution in [3.05, 3.63) is 41.1 Å². The van der Waals surface area contributed by atoms with Gasteiger partial charge in [-0.3, -0.25) is 4.79 Å². The third kappa shape index (κ3) is 5.81. The van der Waals surface area contributed by atoms with E-state index in [1.807, 2.05) is 58.0 Å². The second kappa shape index (κ2) is 9.60. The third-order valence-corrected chi connectivity index (χ3v) is 5.16. The lowest BCUT2D eigenvalue weighted by Gasteiger charge is -2.19. The molecule has 1 atom stereocenters. The number of benzene rings is 1. The molecule has 0 fully saturated rings. The molecule has 3 aromatic rings. The molecule has 0 spiro atoms. The number of nitrogens with zero attached hydrogens (tertiary/aromatic N) is 2. The van der Waals surface area contributed by atoms with Crippen LogP contribution in [0, 0.1) is 0 Å². The summed E-state index contributed by atoms with van der Waals surface area (Å²) in [6.07, 6.45) is 4.21. The maximum absolute atomic E-state index is 11.8. The van der Waals surface area contributed by atoms with Gasteiger partial charge in [0.15, 0.2) is 5.76 Å². The highest BCUT2D eigenvalue weighted by atomic mass is 79.9. The molecular formula is C23H27BrN2O4. The molecule has 0 saturated carbocycles. The normalized spacial score (nSPS) is 12.7. The number of ether oxygens (including phenoxy) is 2. The van der Waals surface area contributed by atoms with Crippen LogP contribution in [0.5, 0.6) is 5.88 Å². The minimum Gasteiger partial charge on any atom is -0.474 e. The van der Waals surface area contributed by atoms with E-state index in [1.165, 1.54) is 6.33 Å². The van der Waals surface area contributed by atoms with Gasteiger partial charge in [0, 0.05) is 12.0 Å². The Labute approximate surface area is 185 Å². The lowest BCUT2D eigenvalue weighted by Crippen LogP contribution is -2.23. The van der Waals surface area contributed by atoms with E-state index >= 15 is 0 Å². The number of hydrogen-bond donors (Lipinski definition) is 0. The Bertz CT molecular complexity index is 996. The number of esters is 1. The van der Waals surface area contributed by atoms with Crippen LogP contribution in [0.15, 0.2) is 45.5 Å². The Hall–Kier alpha value is -2.41. The first-order valence-corrected chi connectivity index (χ1v) is 10.9. The molecule has 0 N–H and O–H groups in total. The molecule has 2 aromatic heterocycles. The van der Waals surface area contributed by atoms with E-state index in [9.17, 15) is 4.79 Å². The molecule has 0 aliphatic heterocycles. The van der Waals surface area contributed by atoms with Crippen LogP contribution < -0.4 is 4.74 Å². The molecule has 160 valence electrons. The Balaban J connectivity index is 1.62. The van der Waals surface area contributed by atoms with Crippen LogP contribution in [0.3, 0.4) is 0 Å². The van der Waals surface area contributed by atoms with Crippen molar-refractivity contribution in [2.75, 3.05) is 0 Å². The fourth-order valence-corrected chi connectivity index (χ4v) is 3.73. The van der Waals surface area contributed by atoms with Crippen LogP contribution in [-0.2, 0) is 9.53 Å². The third-order valence-electron chi connectivity index (χ3n) is 4.41. The molecule has 0 amide bonds. The van der Waals surface area contributed by atoms with Crippen molar-refractivity contribution in [3.8, 4) is 17.2 Å². The SMILES string of the molecule is CC(CCCCC(=O)OC(C)(C)C)Oc1ncnc2oc(-c3ccccc3)c(Br)c12. The predicted octanol–water partition coefficient (Wildman–Crippen LogP) is 6.32. The quantitative estimate of drug-likeness (QED) is 0.280. The standard InChI is InChI=1S/C23H27BrN2O4/c1-15(10-8-9-13-17(27)30-23(2,3)4)28-21-18-19(24)20(16-11-6-5-7-12-16)29-22(18)26-14-25-21/h5-7,11-12,14-15H,8-10,13H2,1-4H3. The summed E-state index contributed by atoms with van der Waals surface area (Å²) in [5, 5.41) is 0.719. The van der Waals surface area contributed by atoms with Crippen LogP contribution in [0.4, 0.5) is 0 Å². The Morgan fingerprint density at radius 3 is 2.60 bits per heavy atom. The van der Waals surface area contributed by atoms with Gasteiger partial charge in [0.05, 0.1) is 10.6 Å². The number of carbonyl (C=O) groups is 1. The number of hydrogen-bond acceptors (Lipinski definition) is 6. The topological polar surface area (TPSA) is 74.5 Å². The van der Waals surface area contributed by atoms with Gasteiger partial charge < -0.3 is 13.9 Å². The zero-order chi connectivity index (χ0) is 21.7. The molecule has 1 unspecified atom stereocenters. The van der Waals surface area contributed by atoms with Crippen LogP contribution in [0.1, 0.15) is 53.4 Å². The van der Waals surface area contributed by atoms with Crippen molar-refractivity contribution in [1.29, 1.82) is 0 Å². The van der Waals surface area contributed by atoms with Crippen LogP contribution >= 0.6 is 15.9 Å². The van der Waals surface area contributed by atoms with E-state index in [4.69, 9.17) is 13.9 Å². The summed E-state index contributed by atoms with van der Waals surface area (Å²) in [5.41, 5.74) is 0.981. The molecule has 7 heteroatoms. The van der Waals surface area contributed by atoms with E-state index in [0.29, 0.717) is 23.8 Å². The first-order valence-electron chi connectivity index (χ1n) is 10.1. The van der Waals surface area contributed by atoms with Gasteiger partial charge in [-0.2, -0.15) is 0 Å². The number of carbonyl (C=O) groups excluding carboxylic acids is 1. The summed E-state index contributed by atoms with van der Waals surface area (Å²) in [7, 11) is 0. The Morgan fingerprint density at radius 2 is 1.90 bits per heavy atom. The minimum atomic E-state index is -0.442. The van der Waals surface area contributed by atoms with Gasteiger partial charge in [-0.1, -0.05) is 30.3 Å². The molecule has 30 heavy (non-hydrogen) atoms. The van der Waals surface area contributed by atoms with Crippen molar-refractivity contribution in [2.24, 2.45) is 0 Å². The lowest BCUT2D eigenvalue weighted by atomic mass is 10.1. The fraction of sp³-hybridized carbons (Fsp3) is 0.435. The highest BCUT2D eigenvalue weighted by Crippen LogP contribution is 2.40. The zero-order valence-electron chi connectivity index (χ0n) is 17.8. The summed E-state index contributed by atoms with van der Waals surface area (Å²) in [6.45, 7) is 7.62. The summed E-state index contributed by atoms with van der Waals surface area (Å²) < 4.78 is 18.1. The number of fused-ring (bicyclic) bond motifs is 1. The summed E-state index contributed by atoms with van der Waals surface area (Å²) in [6, 6.07) is 9.82. The van der Waals surface area contributed by atoms with Gasteiger partial charge >= 0.3 is 5.97 Å². The lowest BCUT2D eigenvalue weighted by molar-refractivity contribution is -0.154. The summed E-state index contributed by atoms with van der Waals surface area (Å²) in [5.74, 6) is 1.02. The monoisotopic (exact) mass is 474 g/mol. The first kappa shape index (κ1) is 22.3. The van der Waals surface area contributed by atoms with Crippen LogP contribution in [0.25, 0.3) is 22.4 Å². The molecule has 3 rings (SSSR count). The van der Waals surface area contributed by atoms with Gasteiger partial charge in [0.2, 0.25) is 11.6 Å². The van der Waals surface area contributed by atoms with Crippen molar-refractivity contribution in [3.63, 3.8) is 0 Å². The Kier molecular flexibility index (Phi) is 7.13. The molecule has 0 radical (unpaired) electrons. The number of halogens is 1. The van der Waals surface area contributed by atoms with E-state index in [1.54, 1.807) is 0 Å². The van der Waals surface area contributed by atoms with E-state index in [2.05, 4.69) is 25.9 Å². The van der Waals surface area contributed by atoms with Crippen molar-refractivity contribution in [2.45, 2.75) is 65.1 Å². The van der Waals surface area contributed by atoms with Gasteiger partial charge in [-0.25, -0.2) is 9.97 Å². The summed E-state index contributed by atoms with van der Waals surface area (Å²) in [4.78, 5) is 20.4. The summed E-state index contributed by atoms with van der Waals surface area (Å²) >= 11 is 3.63. The Morgan fingerprint density at radius 1 is 1.17 bits per heavy atom. The molecule has 0 aliphatic rings. The van der Waals surface area contributed by atoms with E-state index in [-0.39, 0.29) is 12.1 Å². The van der Waals surface area contributed by atoms with Gasteiger partial charge in [0.25, 0.3) is 0 Å². The second-order valence-corrected chi connectivity index (χ2v) is 9.02. The predicted molar refractivity (Wildman–Crippen MR) is 119 cm³/mol. The highest BCUT2D eigenvalue weighted by Gasteiger charge is 2.21. The first-order chi connectivity index (χ1) is 14.2. The molecular weight excluding hydrogens is 448 g/mol. The van der Waals surface area contributed by atoms with Crippen LogP contribution in [0.2, 0.25) is 0 Å². The molecule has 0 bridgehead atoms. The average molecular weight is 475 g/mol. The van der Waals surface area contributed by atoms with Crippen molar-refractivity contribution in [1.82, 2.24) is 9.97 Å². The zero-order valence-corrected chi connectivity index (χ0v) is 19.4. The number of aromatic nitrogens is 2. The molecule has 0 saturated heterocycles. The molecule has 1 aromatic carbocycles. The second-order valence-electron chi connectivity index (χ2n) is 8.23. The number of rotatable bonds is 8. The minimum absolute atomic E-state index is 0.0660. The number of unbranched alkanes of at least 4 members (excludes halogenated alkanes) is 1. The maximum Gasteiger partial charge on any atom is 0.306 e. The van der Waals surface area contributed by atoms with Crippen LogP contribution in [-0.4, -0.2) is 27.6 Å². The molecule has 0 aliphatic carbocycles. The van der Waals surface area contributed by atoms with E-state index in [0.717, 1.165) is 34.7 Å². The average Bonchev–Trinajstić information content (AvgIpc) is 3.02. The molecule has 2 heterocycles. The van der Waals surface area contributed by atoms with E-state index < -0.39 is 5.60 Å². The highest BCUT2D eigenvalue weighted by molar-refractivity contribution is 9.10. The van der Waals surface area contributed by atoms with Crippen molar-refractivity contribution >= 4 is 33.0 Å². The van der Waals surface area contributed by atoms with Gasteiger partial charge in [-0.05, 0) is 62.9 Å². The molecule has 6 nitrogen and oxygen atoms in total. The largest absolute Gasteiger partial charge is 0.474 e. The maximum atomic E-state index is 11.8.